The minimum Gasteiger partial charge on any atom is -0.483 e. The number of hydrogen-bond acceptors (Lipinski definition) is 9. The van der Waals surface area contributed by atoms with E-state index in [1.807, 2.05) is 56.2 Å². The molecule has 49 heavy (non-hydrogen) atoms. The Bertz CT molecular complexity index is 933. The van der Waals surface area contributed by atoms with Crippen LogP contribution >= 0.6 is 11.8 Å². The van der Waals surface area contributed by atoms with E-state index in [4.69, 9.17) is 9.90 Å². The average molecular weight is 716 g/mol. The van der Waals surface area contributed by atoms with Crippen LogP contribution < -0.4 is 5.32 Å². The lowest BCUT2D eigenvalue weighted by atomic mass is 10.0. The van der Waals surface area contributed by atoms with Crippen molar-refractivity contribution in [1.82, 2.24) is 24.9 Å². The Hall–Kier alpha value is -2.71. The van der Waals surface area contributed by atoms with Crippen molar-refractivity contribution in [3.8, 4) is 0 Å². The van der Waals surface area contributed by atoms with Gasteiger partial charge in [-0.25, -0.2) is 0 Å². The van der Waals surface area contributed by atoms with Crippen molar-refractivity contribution in [2.75, 3.05) is 90.8 Å². The third-order valence-corrected chi connectivity index (χ3v) is 8.26. The second-order valence-electron chi connectivity index (χ2n) is 10.4. The molecule has 4 N–H and O–H groups in total. The Kier molecular flexibility index (Phi) is 36.3. The summed E-state index contributed by atoms with van der Waals surface area (Å²) in [7, 11) is 0. The van der Waals surface area contributed by atoms with Gasteiger partial charge in [-0.3, -0.25) is 33.9 Å². The third-order valence-electron chi connectivity index (χ3n) is 7.23. The first-order valence-corrected chi connectivity index (χ1v) is 19.2. The van der Waals surface area contributed by atoms with Crippen LogP contribution in [0.15, 0.2) is 18.2 Å². The lowest BCUT2D eigenvalue weighted by Gasteiger charge is -2.33. The van der Waals surface area contributed by atoms with Crippen LogP contribution in [0.25, 0.3) is 0 Å². The number of rotatable bonds is 14. The summed E-state index contributed by atoms with van der Waals surface area (Å²) in [5.41, 5.74) is 4.05. The summed E-state index contributed by atoms with van der Waals surface area (Å²) in [6, 6.07) is 6.80. The van der Waals surface area contributed by atoms with Crippen LogP contribution in [0.5, 0.6) is 0 Å². The quantitative estimate of drug-likeness (QED) is 0.160. The molecular weight excluding hydrogens is 646 g/mol. The molecule has 0 unspecified atom stereocenters. The molecule has 1 aliphatic heterocycles. The first-order chi connectivity index (χ1) is 23.6. The highest BCUT2D eigenvalue weighted by atomic mass is 32.2. The number of aliphatic carboxylic acids is 2. The minimum atomic E-state index is -0.864. The van der Waals surface area contributed by atoms with Crippen molar-refractivity contribution >= 4 is 36.1 Å². The van der Waals surface area contributed by atoms with Crippen LogP contribution in [0.3, 0.4) is 0 Å². The van der Waals surface area contributed by atoms with Crippen molar-refractivity contribution in [1.29, 1.82) is 0 Å². The molecule has 0 saturated carbocycles. The number of likely N-dealkylation sites (N-methyl/N-ethyl adjacent to an activating group) is 1. The molecule has 13 heteroatoms. The number of nitrogens with zero attached hydrogens (tertiary/aromatic N) is 4. The SMILES string of the molecule is CC.CC.CC.CCc1cc(CC)cc(CSCCNC(=O)CN2CCN(CC(=O)O)CCN(CC)CCN(CC(=O)O)CC2)c1.O=CO. The van der Waals surface area contributed by atoms with Gasteiger partial charge in [0.2, 0.25) is 5.91 Å². The van der Waals surface area contributed by atoms with Crippen LogP contribution in [0, 0.1) is 0 Å². The first kappa shape index (κ1) is 50.7. The van der Waals surface area contributed by atoms with Crippen molar-refractivity contribution in [2.45, 2.75) is 80.9 Å². The molecule has 2 rings (SSSR count). The maximum Gasteiger partial charge on any atom is 0.317 e. The molecule has 0 bridgehead atoms. The highest BCUT2D eigenvalue weighted by molar-refractivity contribution is 7.98. The molecule has 1 aromatic rings. The average Bonchev–Trinajstić information content (AvgIpc) is 3.10. The number of benzene rings is 1. The largest absolute Gasteiger partial charge is 0.483 e. The summed E-state index contributed by atoms with van der Waals surface area (Å²) in [6.07, 6.45) is 2.05. The zero-order valence-electron chi connectivity index (χ0n) is 32.0. The van der Waals surface area contributed by atoms with E-state index in [0.29, 0.717) is 58.9 Å². The van der Waals surface area contributed by atoms with E-state index in [2.05, 4.69) is 49.2 Å². The van der Waals surface area contributed by atoms with Crippen molar-refractivity contribution < 1.29 is 34.5 Å². The predicted molar refractivity (Wildman–Crippen MR) is 204 cm³/mol. The van der Waals surface area contributed by atoms with E-state index < -0.39 is 11.9 Å². The zero-order valence-corrected chi connectivity index (χ0v) is 32.8. The van der Waals surface area contributed by atoms with Crippen molar-refractivity contribution in [2.24, 2.45) is 0 Å². The van der Waals surface area contributed by atoms with E-state index in [1.54, 1.807) is 11.8 Å². The summed E-state index contributed by atoms with van der Waals surface area (Å²) >= 11 is 1.81. The number of aryl methyl sites for hydroxylation is 2. The molecule has 0 spiro atoms. The van der Waals surface area contributed by atoms with E-state index >= 15 is 0 Å². The van der Waals surface area contributed by atoms with E-state index in [0.717, 1.165) is 30.9 Å². The molecule has 1 amide bonds. The van der Waals surface area contributed by atoms with Gasteiger partial charge >= 0.3 is 11.9 Å². The number of carboxylic acid groups (broad SMARTS) is 3. The number of thioether (sulfide) groups is 1. The molecule has 1 saturated heterocycles. The van der Waals surface area contributed by atoms with Gasteiger partial charge in [-0.1, -0.05) is 80.5 Å². The molecular formula is C36H69N5O7S. The fourth-order valence-electron chi connectivity index (χ4n) is 4.79. The Morgan fingerprint density at radius 1 is 0.673 bits per heavy atom. The number of nitrogens with one attached hydrogen (secondary N) is 1. The van der Waals surface area contributed by atoms with Gasteiger partial charge in [0, 0.05) is 70.4 Å². The highest BCUT2D eigenvalue weighted by Crippen LogP contribution is 2.17. The van der Waals surface area contributed by atoms with Gasteiger partial charge in [-0.15, -0.1) is 0 Å². The van der Waals surface area contributed by atoms with Crippen molar-refractivity contribution in [3.63, 3.8) is 0 Å². The molecule has 286 valence electrons. The summed E-state index contributed by atoms with van der Waals surface area (Å²) in [5, 5.41) is 28.7. The number of carbonyl (C=O) groups excluding carboxylic acids is 1. The molecule has 0 atom stereocenters. The third kappa shape index (κ3) is 27.8. The summed E-state index contributed by atoms with van der Waals surface area (Å²) < 4.78 is 0. The Balaban J connectivity index is -0.00000214. The number of carboxylic acids is 2. The predicted octanol–water partition coefficient (Wildman–Crippen LogP) is 4.35. The summed E-state index contributed by atoms with van der Waals surface area (Å²) in [4.78, 5) is 52.1. The van der Waals surface area contributed by atoms with Crippen LogP contribution in [-0.2, 0) is 37.8 Å². The standard InChI is InChI=1S/C29H49N5O5S.3C2H6.CH2O2/c1-4-24-17-25(5-2)19-26(18-24)23-40-16-7-30-27(35)20-32-12-14-33(21-28(36)37)10-8-31(6-3)9-11-34(15-13-32)22-29(38)39;3*1-2;2-1-3/h17-19H,4-16,20-23H2,1-3H3,(H,30,35)(H,36,37)(H,38,39);3*1-2H3;1H,(H,2,3). The van der Waals surface area contributed by atoms with Crippen LogP contribution in [0.2, 0.25) is 0 Å². The van der Waals surface area contributed by atoms with Gasteiger partial charge in [0.1, 0.15) is 0 Å². The smallest absolute Gasteiger partial charge is 0.317 e. The minimum absolute atomic E-state index is 0.0408. The summed E-state index contributed by atoms with van der Waals surface area (Å²) in [6.45, 7) is 24.4. The topological polar surface area (TPSA) is 154 Å². The number of amides is 1. The normalized spacial score (nSPS) is 14.6. The second-order valence-corrected chi connectivity index (χ2v) is 11.5. The Labute approximate surface area is 301 Å². The van der Waals surface area contributed by atoms with Gasteiger partial charge in [0.25, 0.3) is 6.47 Å². The van der Waals surface area contributed by atoms with Crippen molar-refractivity contribution in [3.05, 3.63) is 34.9 Å². The maximum atomic E-state index is 12.8. The fourth-order valence-corrected chi connectivity index (χ4v) is 5.59. The van der Waals surface area contributed by atoms with E-state index in [1.165, 1.54) is 16.7 Å². The molecule has 0 aliphatic carbocycles. The van der Waals surface area contributed by atoms with Crippen LogP contribution in [0.4, 0.5) is 0 Å². The molecule has 1 aromatic carbocycles. The number of hydrogen-bond donors (Lipinski definition) is 4. The van der Waals surface area contributed by atoms with Gasteiger partial charge in [-0.05, 0) is 36.1 Å². The lowest BCUT2D eigenvalue weighted by Crippen LogP contribution is -2.49. The zero-order chi connectivity index (χ0) is 38.0. The van der Waals surface area contributed by atoms with Gasteiger partial charge in [0.15, 0.2) is 0 Å². The van der Waals surface area contributed by atoms with E-state index in [9.17, 15) is 24.6 Å². The molecule has 1 heterocycles. The molecule has 0 aromatic heterocycles. The maximum absolute atomic E-state index is 12.8. The number of carbonyl (C=O) groups is 4. The molecule has 12 nitrogen and oxygen atoms in total. The Morgan fingerprint density at radius 3 is 1.37 bits per heavy atom. The van der Waals surface area contributed by atoms with Gasteiger partial charge < -0.3 is 25.5 Å². The van der Waals surface area contributed by atoms with E-state index in [-0.39, 0.29) is 32.0 Å². The van der Waals surface area contributed by atoms with Crippen LogP contribution in [-0.4, -0.2) is 150 Å². The van der Waals surface area contributed by atoms with Gasteiger partial charge in [0.05, 0.1) is 19.6 Å². The van der Waals surface area contributed by atoms with Gasteiger partial charge in [-0.2, -0.15) is 11.8 Å². The highest BCUT2D eigenvalue weighted by Gasteiger charge is 2.19. The second kappa shape index (κ2) is 35.1. The molecule has 0 radical (unpaired) electrons. The monoisotopic (exact) mass is 715 g/mol. The fraction of sp³-hybridized carbons (Fsp3) is 0.722. The first-order valence-electron chi connectivity index (χ1n) is 18.0. The molecule has 1 aliphatic rings. The lowest BCUT2D eigenvalue weighted by molar-refractivity contribution is -0.139. The van der Waals surface area contributed by atoms with Crippen LogP contribution in [0.1, 0.15) is 79.0 Å². The summed E-state index contributed by atoms with van der Waals surface area (Å²) in [5.74, 6) is -0.0672. The molecule has 1 fully saturated rings. The Morgan fingerprint density at radius 2 is 1.02 bits per heavy atom.